The number of Topliss-reactive ketones (excluding diaryl/α,β-unsaturated/α-hetero) is 1. The number of rotatable bonds is 2. The molecule has 2 nitrogen and oxygen atoms in total. The Morgan fingerprint density at radius 3 is 2.67 bits per heavy atom. The molecule has 2 aliphatic carbocycles. The molecule has 2 aliphatic rings. The minimum Gasteiger partial charge on any atom is -0.309 e. The van der Waals surface area contributed by atoms with Gasteiger partial charge in [-0.3, -0.25) is 4.79 Å². The van der Waals surface area contributed by atoms with Crippen LogP contribution in [0.3, 0.4) is 0 Å². The Balaban J connectivity index is 2.02. The Bertz CT molecular complexity index is 200. The lowest BCUT2D eigenvalue weighted by molar-refractivity contribution is -0.126. The van der Waals surface area contributed by atoms with Crippen LogP contribution in [0.5, 0.6) is 0 Å². The minimum atomic E-state index is 0.374. The van der Waals surface area contributed by atoms with Crippen molar-refractivity contribution >= 4 is 5.78 Å². The molecule has 0 aliphatic heterocycles. The molecule has 2 saturated carbocycles. The summed E-state index contributed by atoms with van der Waals surface area (Å²) in [5.74, 6) is 2.10. The predicted molar refractivity (Wildman–Crippen MR) is 47.9 cm³/mol. The van der Waals surface area contributed by atoms with Crippen molar-refractivity contribution in [2.24, 2.45) is 17.8 Å². The van der Waals surface area contributed by atoms with Crippen LogP contribution in [0.25, 0.3) is 0 Å². The number of carbonyl (C=O) groups is 1. The highest BCUT2D eigenvalue weighted by Crippen LogP contribution is 2.45. The molecule has 0 unspecified atom stereocenters. The van der Waals surface area contributed by atoms with Gasteiger partial charge in [-0.15, -0.1) is 0 Å². The SMILES string of the molecule is CN(C)C[C@@H]1C(=O)[C@H]2CC[C@H]1C2. The highest BCUT2D eigenvalue weighted by Gasteiger charge is 2.46. The lowest BCUT2D eigenvalue weighted by atomic mass is 9.87. The number of hydrogen-bond donors (Lipinski definition) is 0. The van der Waals surface area contributed by atoms with Crippen molar-refractivity contribution in [3.05, 3.63) is 0 Å². The first-order chi connectivity index (χ1) is 5.68. The van der Waals surface area contributed by atoms with Gasteiger partial charge in [0.25, 0.3) is 0 Å². The molecule has 0 aromatic heterocycles. The second-order valence-corrected chi connectivity index (χ2v) is 4.54. The fourth-order valence-electron chi connectivity index (χ4n) is 2.81. The summed E-state index contributed by atoms with van der Waals surface area (Å²) < 4.78 is 0. The Kier molecular flexibility index (Phi) is 1.95. The quantitative estimate of drug-likeness (QED) is 0.615. The van der Waals surface area contributed by atoms with Crippen LogP contribution in [0.15, 0.2) is 0 Å². The van der Waals surface area contributed by atoms with Crippen LogP contribution < -0.4 is 0 Å². The van der Waals surface area contributed by atoms with Gasteiger partial charge in [-0.2, -0.15) is 0 Å². The number of hydrogen-bond acceptors (Lipinski definition) is 2. The first kappa shape index (κ1) is 8.24. The lowest BCUT2D eigenvalue weighted by Crippen LogP contribution is -2.31. The Morgan fingerprint density at radius 1 is 1.42 bits per heavy atom. The van der Waals surface area contributed by atoms with E-state index in [-0.39, 0.29) is 0 Å². The van der Waals surface area contributed by atoms with Crippen LogP contribution in [0.1, 0.15) is 19.3 Å². The molecule has 0 aromatic rings. The van der Waals surface area contributed by atoms with Crippen molar-refractivity contribution in [3.8, 4) is 0 Å². The van der Waals surface area contributed by atoms with E-state index in [4.69, 9.17) is 0 Å². The first-order valence-electron chi connectivity index (χ1n) is 4.87. The molecule has 2 fully saturated rings. The van der Waals surface area contributed by atoms with Gasteiger partial charge in [0.1, 0.15) is 5.78 Å². The molecule has 0 amide bonds. The molecule has 68 valence electrons. The van der Waals surface area contributed by atoms with Gasteiger partial charge in [-0.25, -0.2) is 0 Å². The van der Waals surface area contributed by atoms with E-state index in [1.807, 2.05) is 0 Å². The molecule has 3 atom stereocenters. The third-order valence-electron chi connectivity index (χ3n) is 3.37. The number of nitrogens with zero attached hydrogens (tertiary/aromatic N) is 1. The van der Waals surface area contributed by atoms with Crippen molar-refractivity contribution in [1.29, 1.82) is 0 Å². The minimum absolute atomic E-state index is 0.374. The van der Waals surface area contributed by atoms with E-state index in [1.54, 1.807) is 0 Å². The molecular formula is C10H17NO. The number of fused-ring (bicyclic) bond motifs is 2. The van der Waals surface area contributed by atoms with Crippen LogP contribution in [0.4, 0.5) is 0 Å². The van der Waals surface area contributed by atoms with E-state index in [9.17, 15) is 4.79 Å². The molecule has 0 saturated heterocycles. The average Bonchev–Trinajstić information content (AvgIpc) is 2.53. The van der Waals surface area contributed by atoms with Crippen LogP contribution >= 0.6 is 0 Å². The van der Waals surface area contributed by atoms with Crippen LogP contribution in [-0.4, -0.2) is 31.3 Å². The molecule has 2 heteroatoms. The molecule has 0 heterocycles. The maximum Gasteiger partial charge on any atom is 0.140 e. The van der Waals surface area contributed by atoms with Crippen LogP contribution in [0, 0.1) is 17.8 Å². The summed E-state index contributed by atoms with van der Waals surface area (Å²) in [4.78, 5) is 13.8. The average molecular weight is 167 g/mol. The predicted octanol–water partition coefficient (Wildman–Crippen LogP) is 1.16. The second kappa shape index (κ2) is 2.84. The van der Waals surface area contributed by atoms with Gasteiger partial charge in [-0.1, -0.05) is 0 Å². The number of ketones is 1. The zero-order valence-corrected chi connectivity index (χ0v) is 7.92. The van der Waals surface area contributed by atoms with Gasteiger partial charge in [-0.05, 0) is 39.3 Å². The molecule has 12 heavy (non-hydrogen) atoms. The van der Waals surface area contributed by atoms with Gasteiger partial charge in [0.15, 0.2) is 0 Å². The summed E-state index contributed by atoms with van der Waals surface area (Å²) in [5.41, 5.74) is 0. The van der Waals surface area contributed by atoms with Crippen molar-refractivity contribution in [2.45, 2.75) is 19.3 Å². The lowest BCUT2D eigenvalue weighted by Gasteiger charge is -2.23. The summed E-state index contributed by atoms with van der Waals surface area (Å²) in [6.45, 7) is 0.972. The van der Waals surface area contributed by atoms with Crippen LogP contribution in [0.2, 0.25) is 0 Å². The molecular weight excluding hydrogens is 150 g/mol. The third-order valence-corrected chi connectivity index (χ3v) is 3.37. The monoisotopic (exact) mass is 167 g/mol. The smallest absolute Gasteiger partial charge is 0.140 e. The molecule has 0 aromatic carbocycles. The summed E-state index contributed by atoms with van der Waals surface area (Å²) in [6, 6.07) is 0. The zero-order chi connectivity index (χ0) is 8.72. The molecule has 0 N–H and O–H groups in total. The Labute approximate surface area is 73.9 Å². The first-order valence-corrected chi connectivity index (χ1v) is 4.87. The standard InChI is InChI=1S/C10H17NO/c1-11(2)6-9-7-3-4-8(5-7)10(9)12/h7-9H,3-6H2,1-2H3/t7-,8-,9-/m0/s1. The molecule has 2 rings (SSSR count). The number of carbonyl (C=O) groups excluding carboxylic acids is 1. The van der Waals surface area contributed by atoms with E-state index in [2.05, 4.69) is 19.0 Å². The van der Waals surface area contributed by atoms with Gasteiger partial charge < -0.3 is 4.90 Å². The Morgan fingerprint density at radius 2 is 2.17 bits per heavy atom. The van der Waals surface area contributed by atoms with E-state index >= 15 is 0 Å². The van der Waals surface area contributed by atoms with Gasteiger partial charge >= 0.3 is 0 Å². The van der Waals surface area contributed by atoms with E-state index < -0.39 is 0 Å². The van der Waals surface area contributed by atoms with Gasteiger partial charge in [0.05, 0.1) is 0 Å². The van der Waals surface area contributed by atoms with Crippen molar-refractivity contribution in [1.82, 2.24) is 4.90 Å². The highest BCUT2D eigenvalue weighted by atomic mass is 16.1. The topological polar surface area (TPSA) is 20.3 Å². The summed E-state index contributed by atoms with van der Waals surface area (Å²) >= 11 is 0. The van der Waals surface area contributed by atoms with E-state index in [0.717, 1.165) is 12.5 Å². The van der Waals surface area contributed by atoms with E-state index in [1.165, 1.54) is 19.3 Å². The largest absolute Gasteiger partial charge is 0.309 e. The van der Waals surface area contributed by atoms with Gasteiger partial charge in [0, 0.05) is 18.4 Å². The molecule has 0 radical (unpaired) electrons. The molecule has 0 spiro atoms. The van der Waals surface area contributed by atoms with Crippen molar-refractivity contribution in [2.75, 3.05) is 20.6 Å². The highest BCUT2D eigenvalue weighted by molar-refractivity contribution is 5.87. The third kappa shape index (κ3) is 1.18. The normalized spacial score (nSPS) is 39.9. The maximum atomic E-state index is 11.7. The summed E-state index contributed by atoms with van der Waals surface area (Å²) in [7, 11) is 4.11. The Hall–Kier alpha value is -0.370. The molecule has 2 bridgehead atoms. The summed E-state index contributed by atoms with van der Waals surface area (Å²) in [5, 5.41) is 0. The van der Waals surface area contributed by atoms with E-state index in [0.29, 0.717) is 17.6 Å². The fraction of sp³-hybridized carbons (Fsp3) is 0.900. The van der Waals surface area contributed by atoms with Crippen LogP contribution in [-0.2, 0) is 4.79 Å². The maximum absolute atomic E-state index is 11.7. The van der Waals surface area contributed by atoms with Crippen molar-refractivity contribution in [3.63, 3.8) is 0 Å². The summed E-state index contributed by atoms with van der Waals surface area (Å²) in [6.07, 6.45) is 3.67. The van der Waals surface area contributed by atoms with Gasteiger partial charge in [0.2, 0.25) is 0 Å². The fourth-order valence-corrected chi connectivity index (χ4v) is 2.81. The zero-order valence-electron chi connectivity index (χ0n) is 7.92. The van der Waals surface area contributed by atoms with Crippen molar-refractivity contribution < 1.29 is 4.79 Å². The second-order valence-electron chi connectivity index (χ2n) is 4.54.